The monoisotopic (exact) mass is 630 g/mol. The van der Waals surface area contributed by atoms with Gasteiger partial charge in [0, 0.05) is 47.7 Å². The summed E-state index contributed by atoms with van der Waals surface area (Å²) in [5.74, 6) is -1.14. The Morgan fingerprint density at radius 3 is 2.34 bits per heavy atom. The van der Waals surface area contributed by atoms with Crippen LogP contribution in [0.5, 0.6) is 0 Å². The van der Waals surface area contributed by atoms with E-state index in [1.54, 1.807) is 6.07 Å². The number of quaternary nitrogens is 1. The van der Waals surface area contributed by atoms with Crippen molar-refractivity contribution in [3.63, 3.8) is 0 Å². The van der Waals surface area contributed by atoms with Crippen LogP contribution in [0.1, 0.15) is 91.4 Å². The number of anilines is 1. The molecule has 0 spiro atoms. The zero-order valence-corrected chi connectivity index (χ0v) is 27.8. The van der Waals surface area contributed by atoms with Crippen LogP contribution < -0.4 is 23.5 Å². The van der Waals surface area contributed by atoms with E-state index in [1.807, 2.05) is 46.3 Å². The number of primary amides is 1. The number of carbonyl (C=O) groups excluding carboxylic acids is 4. The summed E-state index contributed by atoms with van der Waals surface area (Å²) >= 11 is 0. The molecule has 242 valence electrons. The molecule has 1 unspecified atom stereocenters. The summed E-state index contributed by atoms with van der Waals surface area (Å²) in [5, 5.41) is 3.53. The van der Waals surface area contributed by atoms with Gasteiger partial charge in [-0.2, -0.15) is 0 Å². The average molecular weight is 631 g/mol. The smallest absolute Gasteiger partial charge is 0.310 e. The van der Waals surface area contributed by atoms with Crippen molar-refractivity contribution in [2.75, 3.05) is 33.0 Å². The number of esters is 2. The molecular formula is C33H47ClN4O6. The summed E-state index contributed by atoms with van der Waals surface area (Å²) in [7, 11) is 5.93. The first-order valence-corrected chi connectivity index (χ1v) is 15.1. The molecule has 1 saturated carbocycles. The number of carbonyl (C=O) groups is 4. The Morgan fingerprint density at radius 1 is 1.09 bits per heavy atom. The van der Waals surface area contributed by atoms with Crippen molar-refractivity contribution in [1.82, 2.24) is 4.57 Å². The van der Waals surface area contributed by atoms with Gasteiger partial charge in [-0.3, -0.25) is 19.2 Å². The van der Waals surface area contributed by atoms with E-state index in [9.17, 15) is 19.2 Å². The van der Waals surface area contributed by atoms with Crippen molar-refractivity contribution >= 4 is 29.3 Å². The predicted octanol–water partition coefficient (Wildman–Crippen LogP) is 1.34. The number of nitrogens with zero attached hydrogens (tertiary/aromatic N) is 2. The van der Waals surface area contributed by atoms with Crippen molar-refractivity contribution in [2.45, 2.75) is 90.9 Å². The van der Waals surface area contributed by atoms with Crippen LogP contribution in [0.25, 0.3) is 5.69 Å². The number of Topliss-reactive ketones (excluding diaryl/α,β-unsaturated/α-hetero) is 1. The highest BCUT2D eigenvalue weighted by Gasteiger charge is 2.34. The van der Waals surface area contributed by atoms with Crippen LogP contribution in [0, 0.1) is 12.3 Å². The number of benzene rings is 1. The summed E-state index contributed by atoms with van der Waals surface area (Å²) in [6.07, 6.45) is 3.40. The fraction of sp³-hybridized carbons (Fsp3) is 0.576. The van der Waals surface area contributed by atoms with E-state index < -0.39 is 18.0 Å². The van der Waals surface area contributed by atoms with E-state index in [0.29, 0.717) is 41.5 Å². The van der Waals surface area contributed by atoms with Crippen molar-refractivity contribution in [2.24, 2.45) is 11.1 Å². The Balaban J connectivity index is 0.00000529. The maximum atomic E-state index is 12.9. The molecule has 1 aromatic heterocycles. The third-order valence-corrected chi connectivity index (χ3v) is 8.21. The minimum atomic E-state index is -0.541. The number of fused-ring (bicyclic) bond motifs is 1. The Kier molecular flexibility index (Phi) is 11.0. The maximum absolute atomic E-state index is 12.9. The molecule has 1 atom stereocenters. The zero-order valence-electron chi connectivity index (χ0n) is 27.0. The first-order chi connectivity index (χ1) is 20.0. The number of hydrogen-bond donors (Lipinski definition) is 2. The Hall–Kier alpha value is -3.37. The second-order valence-corrected chi connectivity index (χ2v) is 14.0. The highest BCUT2D eigenvalue weighted by molar-refractivity contribution is 6.00. The molecule has 11 heteroatoms. The van der Waals surface area contributed by atoms with Gasteiger partial charge in [-0.25, -0.2) is 0 Å². The van der Waals surface area contributed by atoms with Gasteiger partial charge in [0.15, 0.2) is 11.9 Å². The predicted molar refractivity (Wildman–Crippen MR) is 164 cm³/mol. The number of hydrogen-bond acceptors (Lipinski definition) is 7. The number of amides is 1. The second-order valence-electron chi connectivity index (χ2n) is 14.0. The molecular weight excluding hydrogens is 584 g/mol. The first kappa shape index (κ1) is 35.1. The van der Waals surface area contributed by atoms with Crippen LogP contribution >= 0.6 is 0 Å². The van der Waals surface area contributed by atoms with Gasteiger partial charge in [0.05, 0.1) is 33.1 Å². The molecule has 1 aromatic carbocycles. The fourth-order valence-electron chi connectivity index (χ4n) is 6.47. The number of aryl methyl sites for hydroxylation is 1. The molecule has 1 amide bonds. The van der Waals surface area contributed by atoms with Gasteiger partial charge in [-0.15, -0.1) is 0 Å². The highest BCUT2D eigenvalue weighted by atomic mass is 35.5. The summed E-state index contributed by atoms with van der Waals surface area (Å²) in [5.41, 5.74) is 10.3. The summed E-state index contributed by atoms with van der Waals surface area (Å²) in [6.45, 7) is 8.07. The lowest BCUT2D eigenvalue weighted by atomic mass is 9.76. The third-order valence-electron chi connectivity index (χ3n) is 8.21. The zero-order chi connectivity index (χ0) is 31.7. The topological polar surface area (TPSA) is 130 Å². The highest BCUT2D eigenvalue weighted by Crippen LogP contribution is 2.38. The van der Waals surface area contributed by atoms with E-state index in [4.69, 9.17) is 15.2 Å². The van der Waals surface area contributed by atoms with Crippen molar-refractivity contribution in [3.8, 4) is 5.69 Å². The summed E-state index contributed by atoms with van der Waals surface area (Å²) in [6, 6.07) is 7.58. The van der Waals surface area contributed by atoms with Gasteiger partial charge in [0.25, 0.3) is 5.91 Å². The van der Waals surface area contributed by atoms with Crippen molar-refractivity contribution in [1.29, 1.82) is 0 Å². The molecule has 2 aliphatic rings. The molecule has 2 aliphatic carbocycles. The first-order valence-electron chi connectivity index (χ1n) is 15.1. The number of ether oxygens (including phenoxy) is 2. The van der Waals surface area contributed by atoms with Crippen LogP contribution in [-0.4, -0.2) is 78.6 Å². The quantitative estimate of drug-likeness (QED) is 0.299. The number of nitrogens with one attached hydrogen (secondary N) is 1. The van der Waals surface area contributed by atoms with Gasteiger partial charge >= 0.3 is 11.9 Å². The molecule has 2 aromatic rings. The van der Waals surface area contributed by atoms with E-state index in [1.165, 1.54) is 6.92 Å². The lowest BCUT2D eigenvalue weighted by Gasteiger charge is -2.31. The SMILES string of the molecule is CC(=O)OC(CC(=O)O[C@H]1CC[C@H](Nc2cc(-n3c(C)cc4c3CC(C)(C)CC4=O)ccc2C(N)=O)CC1)C[N+](C)(C)C.[Cl-]. The van der Waals surface area contributed by atoms with Crippen LogP contribution in [-0.2, 0) is 25.5 Å². The Morgan fingerprint density at radius 2 is 1.75 bits per heavy atom. The molecule has 0 aliphatic heterocycles. The minimum Gasteiger partial charge on any atom is -1.00 e. The van der Waals surface area contributed by atoms with Gasteiger partial charge in [-0.1, -0.05) is 13.8 Å². The molecule has 10 nitrogen and oxygen atoms in total. The second kappa shape index (κ2) is 13.7. The van der Waals surface area contributed by atoms with Crippen LogP contribution in [0.2, 0.25) is 0 Å². The van der Waals surface area contributed by atoms with Gasteiger partial charge in [-0.05, 0) is 68.7 Å². The summed E-state index contributed by atoms with van der Waals surface area (Å²) in [4.78, 5) is 49.5. The van der Waals surface area contributed by atoms with Gasteiger partial charge in [0.1, 0.15) is 12.6 Å². The number of likely N-dealkylation sites (N-methyl/N-ethyl adjacent to an activating group) is 1. The van der Waals surface area contributed by atoms with Gasteiger partial charge < -0.3 is 42.0 Å². The Labute approximate surface area is 266 Å². The van der Waals surface area contributed by atoms with E-state index in [-0.39, 0.29) is 48.1 Å². The molecule has 0 radical (unpaired) electrons. The molecule has 3 N–H and O–H groups in total. The number of halogens is 1. The molecule has 0 saturated heterocycles. The largest absolute Gasteiger partial charge is 1.00 e. The number of aromatic nitrogens is 1. The van der Waals surface area contributed by atoms with E-state index in [2.05, 4.69) is 23.7 Å². The van der Waals surface area contributed by atoms with Crippen LogP contribution in [0.15, 0.2) is 24.3 Å². The van der Waals surface area contributed by atoms with E-state index >= 15 is 0 Å². The number of nitrogens with two attached hydrogens (primary N) is 1. The number of ketones is 1. The molecule has 1 fully saturated rings. The van der Waals surface area contributed by atoms with Crippen molar-refractivity contribution in [3.05, 3.63) is 46.8 Å². The lowest BCUT2D eigenvalue weighted by molar-refractivity contribution is -0.873. The maximum Gasteiger partial charge on any atom is 0.310 e. The van der Waals surface area contributed by atoms with Crippen LogP contribution in [0.4, 0.5) is 5.69 Å². The molecule has 44 heavy (non-hydrogen) atoms. The normalized spacial score (nSPS) is 20.1. The fourth-order valence-corrected chi connectivity index (χ4v) is 6.47. The minimum absolute atomic E-state index is 0. The molecule has 0 bridgehead atoms. The van der Waals surface area contributed by atoms with Crippen molar-refractivity contribution < 1.29 is 45.5 Å². The van der Waals surface area contributed by atoms with Gasteiger partial charge in [0.2, 0.25) is 0 Å². The lowest BCUT2D eigenvalue weighted by Crippen LogP contribution is -3.00. The Bertz CT molecular complexity index is 1400. The standard InChI is InChI=1S/C33H46N4O6.ClH/c1-20-14-27-29(17-33(3,4)18-30(27)39)36(20)23-10-13-26(32(34)41)28(15-23)35-22-8-11-24(12-9-22)43-31(40)16-25(42-21(2)38)19-37(5,6)7;/h10,13-15,22,24-25H,8-9,11-12,16-19H2,1-7H3,(H2-,34,35,41);1H/t22-,24-,25?;. The molecule has 4 rings (SSSR count). The molecule has 1 heterocycles. The summed E-state index contributed by atoms with van der Waals surface area (Å²) < 4.78 is 13.8. The number of rotatable bonds is 10. The average Bonchev–Trinajstić information content (AvgIpc) is 3.18. The van der Waals surface area contributed by atoms with E-state index in [0.717, 1.165) is 41.9 Å². The third kappa shape index (κ3) is 8.85. The van der Waals surface area contributed by atoms with Crippen LogP contribution in [0.3, 0.4) is 0 Å².